The second kappa shape index (κ2) is 7.61. The Balaban J connectivity index is 1.75. The molecule has 2 aliphatic heterocycles. The van der Waals surface area contributed by atoms with E-state index in [1.807, 2.05) is 0 Å². The minimum Gasteiger partial charge on any atom is -0.313 e. The van der Waals surface area contributed by atoms with E-state index < -0.39 is 0 Å². The Bertz CT molecular complexity index is 252. The lowest BCUT2D eigenvalue weighted by atomic mass is 9.90. The van der Waals surface area contributed by atoms with E-state index in [-0.39, 0.29) is 0 Å². The van der Waals surface area contributed by atoms with Crippen LogP contribution in [-0.2, 0) is 0 Å². The number of nitrogens with zero attached hydrogens (tertiary/aromatic N) is 2. The Morgan fingerprint density at radius 1 is 1.16 bits per heavy atom. The molecule has 112 valence electrons. The van der Waals surface area contributed by atoms with Crippen LogP contribution in [0.25, 0.3) is 0 Å². The number of likely N-dealkylation sites (N-methyl/N-ethyl adjacent to an activating group) is 1. The molecule has 3 heteroatoms. The van der Waals surface area contributed by atoms with Crippen molar-refractivity contribution in [3.05, 3.63) is 0 Å². The zero-order chi connectivity index (χ0) is 13.7. The molecule has 0 radical (unpaired) electrons. The van der Waals surface area contributed by atoms with E-state index in [4.69, 9.17) is 0 Å². The number of piperidine rings is 1. The molecule has 19 heavy (non-hydrogen) atoms. The van der Waals surface area contributed by atoms with Crippen molar-refractivity contribution >= 4 is 0 Å². The van der Waals surface area contributed by atoms with Gasteiger partial charge in [0.25, 0.3) is 0 Å². The Labute approximate surface area is 119 Å². The standard InChI is InChI=1S/C16H33N3/c1-4-14-7-9-17-15(11-14)12-18-10-8-16(13-18)19(5-2)6-3/h14-17H,4-13H2,1-3H3. The Kier molecular flexibility index (Phi) is 6.11. The maximum atomic E-state index is 3.73. The maximum Gasteiger partial charge on any atom is 0.0235 e. The summed E-state index contributed by atoms with van der Waals surface area (Å²) >= 11 is 0. The minimum atomic E-state index is 0.745. The van der Waals surface area contributed by atoms with Crippen LogP contribution in [0.3, 0.4) is 0 Å². The molecule has 2 saturated heterocycles. The number of hydrogen-bond donors (Lipinski definition) is 1. The van der Waals surface area contributed by atoms with Gasteiger partial charge in [0.2, 0.25) is 0 Å². The topological polar surface area (TPSA) is 18.5 Å². The van der Waals surface area contributed by atoms with Crippen LogP contribution in [0.1, 0.15) is 46.5 Å². The molecule has 0 bridgehead atoms. The van der Waals surface area contributed by atoms with Crippen molar-refractivity contribution in [3.8, 4) is 0 Å². The van der Waals surface area contributed by atoms with Crippen LogP contribution < -0.4 is 5.32 Å². The number of likely N-dealkylation sites (tertiary alicyclic amines) is 1. The quantitative estimate of drug-likeness (QED) is 0.796. The first-order valence-corrected chi connectivity index (χ1v) is 8.46. The molecule has 2 fully saturated rings. The second-order valence-corrected chi connectivity index (χ2v) is 6.37. The van der Waals surface area contributed by atoms with Gasteiger partial charge < -0.3 is 10.2 Å². The largest absolute Gasteiger partial charge is 0.313 e. The lowest BCUT2D eigenvalue weighted by Gasteiger charge is -2.33. The highest BCUT2D eigenvalue weighted by atomic mass is 15.3. The number of hydrogen-bond acceptors (Lipinski definition) is 3. The zero-order valence-corrected chi connectivity index (χ0v) is 13.2. The van der Waals surface area contributed by atoms with E-state index in [0.29, 0.717) is 0 Å². The van der Waals surface area contributed by atoms with E-state index in [0.717, 1.165) is 18.0 Å². The van der Waals surface area contributed by atoms with Gasteiger partial charge >= 0.3 is 0 Å². The summed E-state index contributed by atoms with van der Waals surface area (Å²) in [7, 11) is 0. The summed E-state index contributed by atoms with van der Waals surface area (Å²) in [5, 5.41) is 3.73. The Morgan fingerprint density at radius 3 is 2.63 bits per heavy atom. The predicted molar refractivity (Wildman–Crippen MR) is 82.6 cm³/mol. The maximum absolute atomic E-state index is 3.73. The molecule has 0 amide bonds. The molecular formula is C16H33N3. The molecule has 0 saturated carbocycles. The van der Waals surface area contributed by atoms with E-state index >= 15 is 0 Å². The Morgan fingerprint density at radius 2 is 1.95 bits per heavy atom. The summed E-state index contributed by atoms with van der Waals surface area (Å²) in [4.78, 5) is 5.32. The molecule has 3 unspecified atom stereocenters. The fourth-order valence-electron chi connectivity index (χ4n) is 3.93. The molecule has 2 rings (SSSR count). The fraction of sp³-hybridized carbons (Fsp3) is 1.00. The van der Waals surface area contributed by atoms with Crippen LogP contribution in [0.4, 0.5) is 0 Å². The zero-order valence-electron chi connectivity index (χ0n) is 13.2. The monoisotopic (exact) mass is 267 g/mol. The summed E-state index contributed by atoms with van der Waals surface area (Å²) in [6, 6.07) is 1.55. The second-order valence-electron chi connectivity index (χ2n) is 6.37. The van der Waals surface area contributed by atoms with Gasteiger partial charge in [-0.2, -0.15) is 0 Å². The normalized spacial score (nSPS) is 33.2. The molecule has 3 atom stereocenters. The predicted octanol–water partition coefficient (Wildman–Crippen LogP) is 2.18. The van der Waals surface area contributed by atoms with Crippen LogP contribution in [0.2, 0.25) is 0 Å². The van der Waals surface area contributed by atoms with E-state index in [9.17, 15) is 0 Å². The van der Waals surface area contributed by atoms with Gasteiger partial charge in [0.05, 0.1) is 0 Å². The van der Waals surface area contributed by atoms with E-state index in [1.165, 1.54) is 65.0 Å². The Hall–Kier alpha value is -0.120. The molecule has 0 aromatic heterocycles. The van der Waals surface area contributed by atoms with E-state index in [1.54, 1.807) is 0 Å². The van der Waals surface area contributed by atoms with Gasteiger partial charge in [-0.25, -0.2) is 0 Å². The third kappa shape index (κ3) is 4.17. The van der Waals surface area contributed by atoms with Gasteiger partial charge in [0.15, 0.2) is 0 Å². The first kappa shape index (κ1) is 15.3. The van der Waals surface area contributed by atoms with Crippen molar-refractivity contribution in [1.82, 2.24) is 15.1 Å². The van der Waals surface area contributed by atoms with Gasteiger partial charge in [-0.1, -0.05) is 27.2 Å². The van der Waals surface area contributed by atoms with Gasteiger partial charge in [-0.15, -0.1) is 0 Å². The molecule has 3 nitrogen and oxygen atoms in total. The van der Waals surface area contributed by atoms with Gasteiger partial charge in [-0.3, -0.25) is 4.90 Å². The SMILES string of the molecule is CCC1CCNC(CN2CCC(N(CC)CC)C2)C1. The van der Waals surface area contributed by atoms with Crippen LogP contribution >= 0.6 is 0 Å². The lowest BCUT2D eigenvalue weighted by molar-refractivity contribution is 0.191. The summed E-state index contributed by atoms with van der Waals surface area (Å²) in [5.74, 6) is 0.965. The fourth-order valence-corrected chi connectivity index (χ4v) is 3.93. The van der Waals surface area contributed by atoms with E-state index in [2.05, 4.69) is 35.9 Å². The third-order valence-corrected chi connectivity index (χ3v) is 5.24. The van der Waals surface area contributed by atoms with Crippen LogP contribution in [0.5, 0.6) is 0 Å². The summed E-state index contributed by atoms with van der Waals surface area (Å²) in [5.41, 5.74) is 0. The molecular weight excluding hydrogens is 234 g/mol. The molecule has 0 spiro atoms. The van der Waals surface area contributed by atoms with Crippen molar-refractivity contribution in [2.45, 2.75) is 58.5 Å². The van der Waals surface area contributed by atoms with Crippen molar-refractivity contribution in [3.63, 3.8) is 0 Å². The van der Waals surface area contributed by atoms with Crippen molar-refractivity contribution in [1.29, 1.82) is 0 Å². The molecule has 2 aliphatic rings. The summed E-state index contributed by atoms with van der Waals surface area (Å²) < 4.78 is 0. The first-order chi connectivity index (χ1) is 9.26. The average molecular weight is 267 g/mol. The van der Waals surface area contributed by atoms with Crippen LogP contribution in [-0.4, -0.2) is 61.2 Å². The lowest BCUT2D eigenvalue weighted by Crippen LogP contribution is -2.46. The third-order valence-electron chi connectivity index (χ3n) is 5.24. The molecule has 2 heterocycles. The van der Waals surface area contributed by atoms with Crippen molar-refractivity contribution in [2.24, 2.45) is 5.92 Å². The molecule has 0 aromatic rings. The van der Waals surface area contributed by atoms with Crippen LogP contribution in [0, 0.1) is 5.92 Å². The highest BCUT2D eigenvalue weighted by molar-refractivity contribution is 4.87. The summed E-state index contributed by atoms with van der Waals surface area (Å²) in [6.07, 6.45) is 5.50. The smallest absolute Gasteiger partial charge is 0.0235 e. The molecule has 0 aromatic carbocycles. The number of nitrogens with one attached hydrogen (secondary N) is 1. The van der Waals surface area contributed by atoms with Crippen LogP contribution in [0.15, 0.2) is 0 Å². The molecule has 0 aliphatic carbocycles. The van der Waals surface area contributed by atoms with Gasteiger partial charge in [0, 0.05) is 25.2 Å². The highest BCUT2D eigenvalue weighted by Gasteiger charge is 2.29. The number of rotatable bonds is 6. The van der Waals surface area contributed by atoms with Crippen molar-refractivity contribution in [2.75, 3.05) is 39.3 Å². The average Bonchev–Trinajstić information content (AvgIpc) is 2.89. The molecule has 1 N–H and O–H groups in total. The summed E-state index contributed by atoms with van der Waals surface area (Å²) in [6.45, 7) is 14.4. The van der Waals surface area contributed by atoms with Gasteiger partial charge in [-0.05, 0) is 51.4 Å². The highest BCUT2D eigenvalue weighted by Crippen LogP contribution is 2.22. The van der Waals surface area contributed by atoms with Gasteiger partial charge in [0.1, 0.15) is 0 Å². The minimum absolute atomic E-state index is 0.745. The van der Waals surface area contributed by atoms with Crippen molar-refractivity contribution < 1.29 is 0 Å². The first-order valence-electron chi connectivity index (χ1n) is 8.46.